The molecule has 0 spiro atoms. The smallest absolute Gasteiger partial charge is 0.0889 e. The van der Waals surface area contributed by atoms with Crippen LogP contribution in [0.25, 0.3) is 11.4 Å². The van der Waals surface area contributed by atoms with Gasteiger partial charge in [0.15, 0.2) is 0 Å². The van der Waals surface area contributed by atoms with Crippen molar-refractivity contribution in [3.05, 3.63) is 48.3 Å². The first kappa shape index (κ1) is 15.3. The fourth-order valence-corrected chi connectivity index (χ4v) is 1.20. The number of hydrogen-bond acceptors (Lipinski definition) is 2. The highest BCUT2D eigenvalue weighted by molar-refractivity contribution is 5.53. The number of aromatic nitrogens is 2. The first-order valence-electron chi connectivity index (χ1n) is 6.21. The Balaban J connectivity index is 0.000000581. The van der Waals surface area contributed by atoms with Crippen molar-refractivity contribution in [1.29, 1.82) is 0 Å². The quantitative estimate of drug-likeness (QED) is 0.720. The van der Waals surface area contributed by atoms with Gasteiger partial charge in [-0.05, 0) is 31.2 Å². The summed E-state index contributed by atoms with van der Waals surface area (Å²) in [7, 11) is 0. The topological polar surface area (TPSA) is 25.8 Å². The molecule has 0 aliphatic heterocycles. The Morgan fingerprint density at radius 3 is 1.94 bits per heavy atom. The molecule has 0 radical (unpaired) electrons. The maximum Gasteiger partial charge on any atom is 0.0889 e. The summed E-state index contributed by atoms with van der Waals surface area (Å²) < 4.78 is 0. The van der Waals surface area contributed by atoms with Crippen LogP contribution in [0, 0.1) is 6.92 Å². The summed E-state index contributed by atoms with van der Waals surface area (Å²) in [6.07, 6.45) is 1.78. The van der Waals surface area contributed by atoms with Crippen molar-refractivity contribution in [2.24, 2.45) is 0 Å². The van der Waals surface area contributed by atoms with Gasteiger partial charge >= 0.3 is 0 Å². The molecule has 2 aromatic rings. The van der Waals surface area contributed by atoms with Gasteiger partial charge in [-0.15, -0.1) is 0 Å². The molecule has 2 aromatic heterocycles. The molecule has 92 valence electrons. The zero-order chi connectivity index (χ0) is 13.1. The molecule has 0 unspecified atom stereocenters. The van der Waals surface area contributed by atoms with E-state index >= 15 is 0 Å². The maximum atomic E-state index is 4.38. The van der Waals surface area contributed by atoms with Gasteiger partial charge in [-0.1, -0.05) is 39.8 Å². The lowest BCUT2D eigenvalue weighted by atomic mass is 10.2. The molecule has 2 rings (SSSR count). The van der Waals surface area contributed by atoms with E-state index in [0.717, 1.165) is 17.1 Å². The van der Waals surface area contributed by atoms with Crippen LogP contribution in [0.5, 0.6) is 0 Å². The molecule has 0 saturated carbocycles. The van der Waals surface area contributed by atoms with Crippen molar-refractivity contribution in [2.45, 2.75) is 34.6 Å². The number of hydrogen-bond donors (Lipinski definition) is 0. The van der Waals surface area contributed by atoms with Gasteiger partial charge in [0.1, 0.15) is 0 Å². The first-order valence-corrected chi connectivity index (χ1v) is 6.21. The molecule has 0 fully saturated rings. The Morgan fingerprint density at radius 1 is 0.765 bits per heavy atom. The monoisotopic (exact) mass is 230 g/mol. The zero-order valence-corrected chi connectivity index (χ0v) is 11.4. The molecule has 0 aliphatic carbocycles. The Bertz CT molecular complexity index is 397. The van der Waals surface area contributed by atoms with Crippen LogP contribution in [0.2, 0.25) is 0 Å². The SMILES string of the molecule is CC.CC.Cc1cccc(-c2ccccn2)n1. The van der Waals surface area contributed by atoms with Gasteiger partial charge in [-0.3, -0.25) is 9.97 Å². The van der Waals surface area contributed by atoms with Crippen LogP contribution in [0.1, 0.15) is 33.4 Å². The lowest BCUT2D eigenvalue weighted by Gasteiger charge is -1.99. The van der Waals surface area contributed by atoms with E-state index in [1.807, 2.05) is 71.0 Å². The molecule has 0 saturated heterocycles. The average molecular weight is 230 g/mol. The molecule has 0 bridgehead atoms. The van der Waals surface area contributed by atoms with E-state index in [4.69, 9.17) is 0 Å². The zero-order valence-electron chi connectivity index (χ0n) is 11.4. The summed E-state index contributed by atoms with van der Waals surface area (Å²) in [5.41, 5.74) is 2.87. The van der Waals surface area contributed by atoms with E-state index in [9.17, 15) is 0 Å². The fourth-order valence-electron chi connectivity index (χ4n) is 1.20. The van der Waals surface area contributed by atoms with Crippen LogP contribution in [0.4, 0.5) is 0 Å². The molecule has 0 atom stereocenters. The molecule has 17 heavy (non-hydrogen) atoms. The van der Waals surface area contributed by atoms with Crippen molar-refractivity contribution in [3.63, 3.8) is 0 Å². The van der Waals surface area contributed by atoms with Gasteiger partial charge in [0.05, 0.1) is 11.4 Å². The standard InChI is InChI=1S/C11H10N2.2C2H6/c1-9-5-4-7-11(13-9)10-6-2-3-8-12-10;2*1-2/h2-8H,1H3;2*1-2H3. The van der Waals surface area contributed by atoms with Crippen molar-refractivity contribution in [1.82, 2.24) is 9.97 Å². The number of nitrogens with zero attached hydrogens (tertiary/aromatic N) is 2. The third-order valence-electron chi connectivity index (χ3n) is 1.82. The Kier molecular flexibility index (Phi) is 8.57. The highest BCUT2D eigenvalue weighted by Gasteiger charge is 1.97. The lowest BCUT2D eigenvalue weighted by Crippen LogP contribution is -1.87. The molecule has 2 heteroatoms. The summed E-state index contributed by atoms with van der Waals surface area (Å²) in [5.74, 6) is 0. The van der Waals surface area contributed by atoms with Gasteiger partial charge in [0.25, 0.3) is 0 Å². The van der Waals surface area contributed by atoms with E-state index in [2.05, 4.69) is 9.97 Å². The van der Waals surface area contributed by atoms with Crippen LogP contribution in [-0.4, -0.2) is 9.97 Å². The van der Waals surface area contributed by atoms with Crippen molar-refractivity contribution in [2.75, 3.05) is 0 Å². The van der Waals surface area contributed by atoms with E-state index in [1.54, 1.807) is 6.20 Å². The number of rotatable bonds is 1. The van der Waals surface area contributed by atoms with E-state index in [1.165, 1.54) is 0 Å². The van der Waals surface area contributed by atoms with Crippen molar-refractivity contribution in [3.8, 4) is 11.4 Å². The average Bonchev–Trinajstić information content (AvgIpc) is 2.44. The Morgan fingerprint density at radius 2 is 1.41 bits per heavy atom. The second-order valence-corrected chi connectivity index (χ2v) is 2.88. The van der Waals surface area contributed by atoms with Crippen LogP contribution in [0.3, 0.4) is 0 Å². The Hall–Kier alpha value is -1.70. The second-order valence-electron chi connectivity index (χ2n) is 2.88. The molecule has 0 amide bonds. The summed E-state index contributed by atoms with van der Waals surface area (Å²) >= 11 is 0. The first-order chi connectivity index (χ1) is 8.36. The van der Waals surface area contributed by atoms with Crippen LogP contribution < -0.4 is 0 Å². The van der Waals surface area contributed by atoms with Crippen molar-refractivity contribution >= 4 is 0 Å². The highest BCUT2D eigenvalue weighted by atomic mass is 14.8. The second kappa shape index (κ2) is 9.52. The maximum absolute atomic E-state index is 4.38. The van der Waals surface area contributed by atoms with Gasteiger partial charge in [0, 0.05) is 11.9 Å². The van der Waals surface area contributed by atoms with Gasteiger partial charge in [-0.2, -0.15) is 0 Å². The van der Waals surface area contributed by atoms with Gasteiger partial charge in [0.2, 0.25) is 0 Å². The predicted molar refractivity (Wildman–Crippen MR) is 74.9 cm³/mol. The highest BCUT2D eigenvalue weighted by Crippen LogP contribution is 2.12. The fraction of sp³-hybridized carbons (Fsp3) is 0.333. The largest absolute Gasteiger partial charge is 0.255 e. The lowest BCUT2D eigenvalue weighted by molar-refractivity contribution is 1.18. The molecular weight excluding hydrogens is 208 g/mol. The molecule has 0 aliphatic rings. The molecule has 0 N–H and O–H groups in total. The predicted octanol–water partition coefficient (Wildman–Crippen LogP) is 4.50. The van der Waals surface area contributed by atoms with E-state index in [-0.39, 0.29) is 0 Å². The normalized spacial score (nSPS) is 8.29. The molecule has 0 aromatic carbocycles. The summed E-state index contributed by atoms with van der Waals surface area (Å²) in [6, 6.07) is 11.8. The minimum Gasteiger partial charge on any atom is -0.255 e. The van der Waals surface area contributed by atoms with Crippen molar-refractivity contribution < 1.29 is 0 Å². The Labute approximate surface area is 105 Å². The molecule has 2 heterocycles. The molecule has 2 nitrogen and oxygen atoms in total. The minimum atomic E-state index is 0.922. The number of pyridine rings is 2. The van der Waals surface area contributed by atoms with Crippen LogP contribution >= 0.6 is 0 Å². The summed E-state index contributed by atoms with van der Waals surface area (Å²) in [5, 5.41) is 0. The third-order valence-corrected chi connectivity index (χ3v) is 1.82. The van der Waals surface area contributed by atoms with E-state index in [0.29, 0.717) is 0 Å². The summed E-state index contributed by atoms with van der Waals surface area (Å²) in [6.45, 7) is 9.98. The van der Waals surface area contributed by atoms with Gasteiger partial charge < -0.3 is 0 Å². The van der Waals surface area contributed by atoms with Crippen LogP contribution in [0.15, 0.2) is 42.6 Å². The minimum absolute atomic E-state index is 0.922. The number of aryl methyl sites for hydroxylation is 1. The van der Waals surface area contributed by atoms with E-state index < -0.39 is 0 Å². The molecular formula is C15H22N2. The third kappa shape index (κ3) is 5.25. The van der Waals surface area contributed by atoms with Gasteiger partial charge in [-0.25, -0.2) is 0 Å². The summed E-state index contributed by atoms with van der Waals surface area (Å²) in [4.78, 5) is 8.61. The van der Waals surface area contributed by atoms with Crippen LogP contribution in [-0.2, 0) is 0 Å².